The van der Waals surface area contributed by atoms with Crippen LogP contribution in [0.25, 0.3) is 0 Å². The van der Waals surface area contributed by atoms with Gasteiger partial charge in [-0.15, -0.1) is 0 Å². The van der Waals surface area contributed by atoms with Crippen molar-refractivity contribution >= 4 is 17.6 Å². The maximum absolute atomic E-state index is 12.0. The highest BCUT2D eigenvalue weighted by Gasteiger charge is 2.28. The lowest BCUT2D eigenvalue weighted by Gasteiger charge is -2.30. The van der Waals surface area contributed by atoms with Crippen molar-refractivity contribution in [3.8, 4) is 5.75 Å². The topological polar surface area (TPSA) is 70.7 Å². The Balaban J connectivity index is 1.58. The predicted octanol–water partition coefficient (Wildman–Crippen LogP) is 2.56. The molecule has 3 rings (SSSR count). The Morgan fingerprint density at radius 3 is 2.79 bits per heavy atom. The number of ether oxygens (including phenoxy) is 1. The molecule has 1 heterocycles. The van der Waals surface area contributed by atoms with E-state index in [0.29, 0.717) is 18.3 Å². The molecule has 130 valence electrons. The van der Waals surface area contributed by atoms with Crippen LogP contribution in [0, 0.1) is 0 Å². The summed E-state index contributed by atoms with van der Waals surface area (Å²) >= 11 is 0. The highest BCUT2D eigenvalue weighted by Crippen LogP contribution is 2.33. The van der Waals surface area contributed by atoms with Gasteiger partial charge in [-0.3, -0.25) is 4.79 Å². The van der Waals surface area contributed by atoms with Gasteiger partial charge in [0.1, 0.15) is 5.75 Å². The highest BCUT2D eigenvalue weighted by atomic mass is 16.5. The number of urea groups is 1. The van der Waals surface area contributed by atoms with Crippen molar-refractivity contribution in [3.63, 3.8) is 0 Å². The first-order chi connectivity index (χ1) is 11.5. The van der Waals surface area contributed by atoms with Crippen molar-refractivity contribution in [2.45, 2.75) is 57.7 Å². The molecule has 1 aliphatic carbocycles. The monoisotopic (exact) mass is 331 g/mol. The van der Waals surface area contributed by atoms with Gasteiger partial charge >= 0.3 is 6.03 Å². The Hall–Kier alpha value is -2.24. The quantitative estimate of drug-likeness (QED) is 0.894. The second-order valence-corrected chi connectivity index (χ2v) is 6.62. The van der Waals surface area contributed by atoms with E-state index in [0.717, 1.165) is 24.1 Å². The summed E-state index contributed by atoms with van der Waals surface area (Å²) < 4.78 is 5.60. The maximum Gasteiger partial charge on any atom is 0.315 e. The van der Waals surface area contributed by atoms with Crippen LogP contribution in [0.5, 0.6) is 5.75 Å². The number of likely N-dealkylation sites (N-methyl/N-ethyl adjacent to an activating group) is 1. The van der Waals surface area contributed by atoms with Gasteiger partial charge in [0.25, 0.3) is 5.91 Å². The van der Waals surface area contributed by atoms with Crippen LogP contribution in [0.1, 0.15) is 44.6 Å². The molecule has 1 fully saturated rings. The first-order valence-electron chi connectivity index (χ1n) is 8.66. The highest BCUT2D eigenvalue weighted by molar-refractivity contribution is 5.99. The van der Waals surface area contributed by atoms with E-state index in [1.165, 1.54) is 19.3 Å². The van der Waals surface area contributed by atoms with Crippen molar-refractivity contribution in [2.75, 3.05) is 11.9 Å². The van der Waals surface area contributed by atoms with E-state index in [1.54, 1.807) is 18.9 Å². The normalized spacial score (nSPS) is 21.0. The third-order valence-corrected chi connectivity index (χ3v) is 4.76. The number of hydrogen-bond acceptors (Lipinski definition) is 3. The van der Waals surface area contributed by atoms with E-state index in [-0.39, 0.29) is 11.9 Å². The molecule has 1 aliphatic heterocycles. The van der Waals surface area contributed by atoms with Crippen molar-refractivity contribution in [3.05, 3.63) is 23.8 Å². The van der Waals surface area contributed by atoms with E-state index in [9.17, 15) is 9.59 Å². The molecular weight excluding hydrogens is 306 g/mol. The number of fused-ring (bicyclic) bond motifs is 1. The van der Waals surface area contributed by atoms with E-state index < -0.39 is 6.10 Å². The number of benzene rings is 1. The minimum Gasteiger partial charge on any atom is -0.479 e. The summed E-state index contributed by atoms with van der Waals surface area (Å²) in [6.45, 7) is 2.16. The van der Waals surface area contributed by atoms with Crippen LogP contribution in [-0.4, -0.2) is 31.1 Å². The summed E-state index contributed by atoms with van der Waals surface area (Å²) in [5.74, 6) is 0.627. The molecule has 1 aromatic rings. The molecule has 0 bridgehead atoms. The minimum absolute atomic E-state index is 0.0670. The summed E-state index contributed by atoms with van der Waals surface area (Å²) in [6.07, 6.45) is 5.31. The van der Waals surface area contributed by atoms with Crippen LogP contribution in [0.3, 0.4) is 0 Å². The fourth-order valence-corrected chi connectivity index (χ4v) is 3.33. The molecule has 1 atom stereocenters. The number of rotatable bonds is 3. The Bertz CT molecular complexity index is 626. The summed E-state index contributed by atoms with van der Waals surface area (Å²) in [5, 5.41) is 5.93. The largest absolute Gasteiger partial charge is 0.479 e. The lowest BCUT2D eigenvalue weighted by Crippen LogP contribution is -2.43. The molecule has 0 aromatic heterocycles. The molecular formula is C18H25N3O3. The second-order valence-electron chi connectivity index (χ2n) is 6.62. The fraction of sp³-hybridized carbons (Fsp3) is 0.556. The number of carbonyl (C=O) groups is 2. The average Bonchev–Trinajstić information content (AvgIpc) is 2.59. The van der Waals surface area contributed by atoms with Gasteiger partial charge in [0.15, 0.2) is 6.10 Å². The maximum atomic E-state index is 12.0. The molecule has 0 spiro atoms. The van der Waals surface area contributed by atoms with E-state index in [2.05, 4.69) is 10.6 Å². The van der Waals surface area contributed by atoms with Gasteiger partial charge in [-0.1, -0.05) is 25.3 Å². The molecule has 2 N–H and O–H groups in total. The Morgan fingerprint density at radius 1 is 1.29 bits per heavy atom. The SMILES string of the molecule is CC1Oc2ccc(CNC(=O)NC3CCCCC3)cc2N(C)C1=O. The zero-order valence-electron chi connectivity index (χ0n) is 14.3. The van der Waals surface area contributed by atoms with Crippen LogP contribution >= 0.6 is 0 Å². The molecule has 3 amide bonds. The van der Waals surface area contributed by atoms with Crippen LogP contribution in [0.15, 0.2) is 18.2 Å². The van der Waals surface area contributed by atoms with Crippen LogP contribution in [-0.2, 0) is 11.3 Å². The van der Waals surface area contributed by atoms with Crippen molar-refractivity contribution < 1.29 is 14.3 Å². The predicted molar refractivity (Wildman–Crippen MR) is 92.2 cm³/mol. The smallest absolute Gasteiger partial charge is 0.315 e. The second kappa shape index (κ2) is 7.11. The Labute approximate surface area is 142 Å². The third-order valence-electron chi connectivity index (χ3n) is 4.76. The third kappa shape index (κ3) is 3.63. The van der Waals surface area contributed by atoms with Crippen LogP contribution < -0.4 is 20.3 Å². The average molecular weight is 331 g/mol. The fourth-order valence-electron chi connectivity index (χ4n) is 3.33. The van der Waals surface area contributed by atoms with Crippen LogP contribution in [0.2, 0.25) is 0 Å². The first-order valence-corrected chi connectivity index (χ1v) is 8.66. The zero-order chi connectivity index (χ0) is 17.1. The summed E-state index contributed by atoms with van der Waals surface area (Å²) in [6, 6.07) is 5.82. The number of amides is 3. The van der Waals surface area contributed by atoms with Gasteiger partial charge < -0.3 is 20.3 Å². The molecule has 1 aromatic carbocycles. The lowest BCUT2D eigenvalue weighted by molar-refractivity contribution is -0.125. The molecule has 24 heavy (non-hydrogen) atoms. The molecule has 1 saturated carbocycles. The Kier molecular flexibility index (Phi) is 4.92. The van der Waals surface area contributed by atoms with Gasteiger partial charge in [0.05, 0.1) is 5.69 Å². The van der Waals surface area contributed by atoms with Gasteiger partial charge in [-0.25, -0.2) is 4.79 Å². The molecule has 2 aliphatic rings. The van der Waals surface area contributed by atoms with Gasteiger partial charge in [0.2, 0.25) is 0 Å². The lowest BCUT2D eigenvalue weighted by atomic mass is 9.96. The number of nitrogens with zero attached hydrogens (tertiary/aromatic N) is 1. The van der Waals surface area contributed by atoms with Crippen molar-refractivity contribution in [2.24, 2.45) is 0 Å². The minimum atomic E-state index is -0.465. The van der Waals surface area contributed by atoms with Crippen molar-refractivity contribution in [1.82, 2.24) is 10.6 Å². The molecule has 0 radical (unpaired) electrons. The molecule has 0 saturated heterocycles. The van der Waals surface area contributed by atoms with E-state index >= 15 is 0 Å². The zero-order valence-corrected chi connectivity index (χ0v) is 14.3. The molecule has 1 unspecified atom stereocenters. The van der Waals surface area contributed by atoms with Gasteiger partial charge in [-0.2, -0.15) is 0 Å². The van der Waals surface area contributed by atoms with Crippen LogP contribution in [0.4, 0.5) is 10.5 Å². The van der Waals surface area contributed by atoms with Gasteiger partial charge in [0, 0.05) is 19.6 Å². The number of carbonyl (C=O) groups excluding carboxylic acids is 2. The number of anilines is 1. The van der Waals surface area contributed by atoms with E-state index in [4.69, 9.17) is 4.74 Å². The summed E-state index contributed by atoms with van der Waals surface area (Å²) in [4.78, 5) is 25.6. The molecule has 6 nitrogen and oxygen atoms in total. The molecule has 6 heteroatoms. The summed E-state index contributed by atoms with van der Waals surface area (Å²) in [5.41, 5.74) is 1.68. The first kappa shape index (κ1) is 16.6. The number of hydrogen-bond donors (Lipinski definition) is 2. The van der Waals surface area contributed by atoms with Crippen molar-refractivity contribution in [1.29, 1.82) is 0 Å². The number of nitrogens with one attached hydrogen (secondary N) is 2. The van der Waals surface area contributed by atoms with E-state index in [1.807, 2.05) is 18.2 Å². The Morgan fingerprint density at radius 2 is 2.04 bits per heavy atom. The van der Waals surface area contributed by atoms with Gasteiger partial charge in [-0.05, 0) is 37.5 Å². The standard InChI is InChI=1S/C18H25N3O3/c1-12-17(22)21(2)15-10-13(8-9-16(15)24-12)11-19-18(23)20-14-6-4-3-5-7-14/h8-10,12,14H,3-7,11H2,1-2H3,(H2,19,20,23). The summed E-state index contributed by atoms with van der Waals surface area (Å²) in [7, 11) is 1.74.